The molecule has 0 aromatic carbocycles. The molecule has 0 aromatic heterocycles. The number of nitrogens with one attached hydrogen (secondary N) is 2. The van der Waals surface area contributed by atoms with E-state index >= 15 is 0 Å². The van der Waals surface area contributed by atoms with Crippen LogP contribution in [-0.4, -0.2) is 70.3 Å². The minimum Gasteiger partial charge on any atom is -0.480 e. The van der Waals surface area contributed by atoms with Crippen LogP contribution in [0.25, 0.3) is 0 Å². The summed E-state index contributed by atoms with van der Waals surface area (Å²) < 4.78 is 0. The van der Waals surface area contributed by atoms with Crippen LogP contribution in [0.4, 0.5) is 0 Å². The van der Waals surface area contributed by atoms with Gasteiger partial charge < -0.3 is 32.1 Å². The van der Waals surface area contributed by atoms with Crippen LogP contribution in [0.1, 0.15) is 59.8 Å². The molecule has 0 saturated carbocycles. The number of aliphatic carboxylic acids is 1. The van der Waals surface area contributed by atoms with Gasteiger partial charge in [-0.15, -0.1) is 0 Å². The van der Waals surface area contributed by atoms with Crippen LogP contribution in [0, 0.1) is 11.8 Å². The summed E-state index contributed by atoms with van der Waals surface area (Å²) in [5, 5.41) is 14.7. The van der Waals surface area contributed by atoms with Crippen molar-refractivity contribution in [1.82, 2.24) is 15.5 Å². The summed E-state index contributed by atoms with van der Waals surface area (Å²) in [6.07, 6.45) is 1.46. The van der Waals surface area contributed by atoms with Crippen molar-refractivity contribution in [2.45, 2.75) is 84.0 Å². The standard InChI is InChI=1S/C21H37N5O6/c1-5-12(4)17(19(29)24-14(21(31)32)9-11(2)3)25-18(28)15-7-6-8-26(15)20(30)13(22)10-16(23)27/h11-15,17H,5-10,22H2,1-4H3,(H2,23,27)(H,24,29)(H,25,28)(H,31,32). The maximum absolute atomic E-state index is 13.0. The third-order valence-corrected chi connectivity index (χ3v) is 5.69. The van der Waals surface area contributed by atoms with E-state index in [1.165, 1.54) is 4.90 Å². The number of carbonyl (C=O) groups excluding carboxylic acids is 4. The molecule has 182 valence electrons. The van der Waals surface area contributed by atoms with Crippen molar-refractivity contribution >= 4 is 29.6 Å². The molecule has 32 heavy (non-hydrogen) atoms. The van der Waals surface area contributed by atoms with Crippen molar-refractivity contribution in [3.8, 4) is 0 Å². The van der Waals surface area contributed by atoms with Gasteiger partial charge >= 0.3 is 5.97 Å². The summed E-state index contributed by atoms with van der Waals surface area (Å²) >= 11 is 0. The maximum atomic E-state index is 13.0. The highest BCUT2D eigenvalue weighted by Crippen LogP contribution is 2.20. The van der Waals surface area contributed by atoms with E-state index in [9.17, 15) is 29.1 Å². The monoisotopic (exact) mass is 455 g/mol. The molecule has 5 atom stereocenters. The molecule has 11 heteroatoms. The molecule has 1 saturated heterocycles. The molecule has 0 aromatic rings. The molecular formula is C21H37N5O6. The van der Waals surface area contributed by atoms with E-state index in [-0.39, 0.29) is 24.7 Å². The van der Waals surface area contributed by atoms with Gasteiger partial charge in [-0.05, 0) is 31.1 Å². The number of amides is 4. The smallest absolute Gasteiger partial charge is 0.326 e. The first-order valence-corrected chi connectivity index (χ1v) is 11.1. The number of nitrogens with two attached hydrogens (primary N) is 2. The highest BCUT2D eigenvalue weighted by Gasteiger charge is 2.39. The predicted octanol–water partition coefficient (Wildman–Crippen LogP) is -0.673. The first kappa shape index (κ1) is 27.3. The van der Waals surface area contributed by atoms with Crippen molar-refractivity contribution in [3.63, 3.8) is 0 Å². The van der Waals surface area contributed by atoms with Gasteiger partial charge in [0.15, 0.2) is 0 Å². The van der Waals surface area contributed by atoms with E-state index < -0.39 is 53.8 Å². The van der Waals surface area contributed by atoms with Crippen LogP contribution in [0.15, 0.2) is 0 Å². The van der Waals surface area contributed by atoms with Crippen molar-refractivity contribution in [3.05, 3.63) is 0 Å². The Bertz CT molecular complexity index is 713. The number of rotatable bonds is 12. The largest absolute Gasteiger partial charge is 0.480 e. The second kappa shape index (κ2) is 12.4. The van der Waals surface area contributed by atoms with Gasteiger partial charge in [0.05, 0.1) is 12.5 Å². The lowest BCUT2D eigenvalue weighted by Crippen LogP contribution is -2.58. The molecular weight excluding hydrogens is 418 g/mol. The van der Waals surface area contributed by atoms with Crippen LogP contribution >= 0.6 is 0 Å². The van der Waals surface area contributed by atoms with E-state index in [0.29, 0.717) is 25.8 Å². The van der Waals surface area contributed by atoms with Gasteiger partial charge in [0.2, 0.25) is 23.6 Å². The topological polar surface area (TPSA) is 185 Å². The number of primary amides is 1. The summed E-state index contributed by atoms with van der Waals surface area (Å²) in [6, 6.07) is -3.99. The van der Waals surface area contributed by atoms with Gasteiger partial charge in [-0.1, -0.05) is 34.1 Å². The Labute approximate surface area is 188 Å². The minimum absolute atomic E-state index is 0.0516. The average Bonchev–Trinajstić information content (AvgIpc) is 3.18. The lowest BCUT2D eigenvalue weighted by Gasteiger charge is -2.30. The normalized spacial score (nSPS) is 19.7. The molecule has 7 N–H and O–H groups in total. The zero-order valence-corrected chi connectivity index (χ0v) is 19.3. The SMILES string of the molecule is CCC(C)C(NC(=O)C1CCCN1C(=O)C(N)CC(N)=O)C(=O)NC(CC(C)C)C(=O)O. The molecule has 0 radical (unpaired) electrons. The lowest BCUT2D eigenvalue weighted by atomic mass is 9.96. The first-order chi connectivity index (χ1) is 14.9. The highest BCUT2D eigenvalue weighted by molar-refractivity contribution is 5.95. The quantitative estimate of drug-likeness (QED) is 0.258. The molecule has 0 spiro atoms. The molecule has 4 amide bonds. The third-order valence-electron chi connectivity index (χ3n) is 5.69. The second-order valence-corrected chi connectivity index (χ2v) is 8.87. The number of hydrogen-bond donors (Lipinski definition) is 5. The van der Waals surface area contributed by atoms with Crippen LogP contribution in [0.5, 0.6) is 0 Å². The van der Waals surface area contributed by atoms with E-state index in [4.69, 9.17) is 11.5 Å². The fourth-order valence-corrected chi connectivity index (χ4v) is 3.73. The van der Waals surface area contributed by atoms with Gasteiger partial charge in [-0.25, -0.2) is 4.79 Å². The molecule has 1 aliphatic heterocycles. The van der Waals surface area contributed by atoms with Crippen LogP contribution < -0.4 is 22.1 Å². The molecule has 1 fully saturated rings. The first-order valence-electron chi connectivity index (χ1n) is 11.1. The number of likely N-dealkylation sites (tertiary alicyclic amines) is 1. The number of nitrogens with zero attached hydrogens (tertiary/aromatic N) is 1. The summed E-state index contributed by atoms with van der Waals surface area (Å²) in [5.41, 5.74) is 10.9. The highest BCUT2D eigenvalue weighted by atomic mass is 16.4. The Morgan fingerprint density at radius 3 is 2.25 bits per heavy atom. The van der Waals surface area contributed by atoms with Gasteiger partial charge in [-0.2, -0.15) is 0 Å². The summed E-state index contributed by atoms with van der Waals surface area (Å²) in [7, 11) is 0. The summed E-state index contributed by atoms with van der Waals surface area (Å²) in [5.74, 6) is -3.72. The van der Waals surface area contributed by atoms with E-state index in [1.54, 1.807) is 6.92 Å². The molecule has 5 unspecified atom stereocenters. The molecule has 0 bridgehead atoms. The second-order valence-electron chi connectivity index (χ2n) is 8.87. The fraction of sp³-hybridized carbons (Fsp3) is 0.762. The Morgan fingerprint density at radius 1 is 1.12 bits per heavy atom. The van der Waals surface area contributed by atoms with Crippen molar-refractivity contribution in [1.29, 1.82) is 0 Å². The van der Waals surface area contributed by atoms with Gasteiger partial charge in [0.1, 0.15) is 18.1 Å². The molecule has 0 aliphatic carbocycles. The van der Waals surface area contributed by atoms with Gasteiger partial charge in [0, 0.05) is 6.54 Å². The average molecular weight is 456 g/mol. The summed E-state index contributed by atoms with van der Waals surface area (Å²) in [6.45, 7) is 7.64. The Morgan fingerprint density at radius 2 is 1.75 bits per heavy atom. The molecule has 1 aliphatic rings. The number of hydrogen-bond acceptors (Lipinski definition) is 6. The summed E-state index contributed by atoms with van der Waals surface area (Å²) in [4.78, 5) is 62.4. The zero-order valence-electron chi connectivity index (χ0n) is 19.3. The minimum atomic E-state index is -1.14. The Kier molecular flexibility index (Phi) is 10.6. The van der Waals surface area contributed by atoms with E-state index in [1.807, 2.05) is 20.8 Å². The van der Waals surface area contributed by atoms with Gasteiger partial charge in [-0.3, -0.25) is 19.2 Å². The predicted molar refractivity (Wildman–Crippen MR) is 117 cm³/mol. The lowest BCUT2D eigenvalue weighted by molar-refractivity contribution is -0.144. The van der Waals surface area contributed by atoms with Crippen LogP contribution in [0.2, 0.25) is 0 Å². The number of carbonyl (C=O) groups is 5. The van der Waals surface area contributed by atoms with Crippen molar-refractivity contribution in [2.75, 3.05) is 6.54 Å². The fourth-order valence-electron chi connectivity index (χ4n) is 3.73. The van der Waals surface area contributed by atoms with E-state index in [0.717, 1.165) is 0 Å². The van der Waals surface area contributed by atoms with Crippen LogP contribution in [-0.2, 0) is 24.0 Å². The van der Waals surface area contributed by atoms with Crippen LogP contribution in [0.3, 0.4) is 0 Å². The molecule has 1 rings (SSSR count). The molecule has 1 heterocycles. The number of carboxylic acids is 1. The Balaban J connectivity index is 2.95. The van der Waals surface area contributed by atoms with E-state index in [2.05, 4.69) is 10.6 Å². The number of carboxylic acid groups (broad SMARTS) is 1. The van der Waals surface area contributed by atoms with Crippen molar-refractivity contribution in [2.24, 2.45) is 23.3 Å². The zero-order chi connectivity index (χ0) is 24.6. The maximum Gasteiger partial charge on any atom is 0.326 e. The van der Waals surface area contributed by atoms with Crippen molar-refractivity contribution < 1.29 is 29.1 Å². The third kappa shape index (κ3) is 7.77. The Hall–Kier alpha value is -2.69. The van der Waals surface area contributed by atoms with Gasteiger partial charge in [0.25, 0.3) is 0 Å². The molecule has 11 nitrogen and oxygen atoms in total.